The number of amides is 3. The third-order valence-electron chi connectivity index (χ3n) is 4.62. The van der Waals surface area contributed by atoms with Gasteiger partial charge in [-0.1, -0.05) is 6.42 Å². The third-order valence-corrected chi connectivity index (χ3v) is 4.62. The number of hydrogen-bond acceptors (Lipinski definition) is 7. The van der Waals surface area contributed by atoms with Crippen molar-refractivity contribution in [1.29, 1.82) is 0 Å². The highest BCUT2D eigenvalue weighted by molar-refractivity contribution is 5.93. The van der Waals surface area contributed by atoms with E-state index in [1.807, 2.05) is 0 Å². The Hall–Kier alpha value is -2.24. The fourth-order valence-electron chi connectivity index (χ4n) is 3.02. The molecule has 0 aromatic rings. The number of carboxylic acid groups (broad SMARTS) is 1. The summed E-state index contributed by atoms with van der Waals surface area (Å²) in [5, 5.41) is 23.8. The Bertz CT molecular complexity index is 570. The SMILES string of the molecule is CC(O)C(NC(=O)CNC(=O)C(N)CCCCN)C(=O)N1CCCC1C(=O)O. The van der Waals surface area contributed by atoms with Gasteiger partial charge in [0.05, 0.1) is 18.7 Å². The van der Waals surface area contributed by atoms with Gasteiger partial charge in [0.1, 0.15) is 12.1 Å². The van der Waals surface area contributed by atoms with Gasteiger partial charge >= 0.3 is 5.97 Å². The number of nitrogens with zero attached hydrogens (tertiary/aromatic N) is 1. The first-order chi connectivity index (χ1) is 13.2. The first-order valence-electron chi connectivity index (χ1n) is 9.43. The number of nitrogens with one attached hydrogen (secondary N) is 2. The molecule has 3 amide bonds. The molecule has 0 aromatic carbocycles. The number of unbranched alkanes of at least 4 members (excludes halogenated alkanes) is 1. The second-order valence-corrected chi connectivity index (χ2v) is 6.92. The first-order valence-corrected chi connectivity index (χ1v) is 9.43. The summed E-state index contributed by atoms with van der Waals surface area (Å²) in [5.74, 6) is -2.99. The number of aliphatic hydroxyl groups excluding tert-OH is 1. The maximum absolute atomic E-state index is 12.6. The van der Waals surface area contributed by atoms with Gasteiger partial charge in [-0.05, 0) is 39.2 Å². The van der Waals surface area contributed by atoms with Gasteiger partial charge in [0.2, 0.25) is 17.7 Å². The summed E-state index contributed by atoms with van der Waals surface area (Å²) < 4.78 is 0. The van der Waals surface area contributed by atoms with Crippen molar-refractivity contribution in [2.45, 2.75) is 63.3 Å². The maximum atomic E-state index is 12.6. The highest BCUT2D eigenvalue weighted by Gasteiger charge is 2.39. The summed E-state index contributed by atoms with van der Waals surface area (Å²) in [7, 11) is 0. The molecule has 0 aromatic heterocycles. The van der Waals surface area contributed by atoms with E-state index in [0.29, 0.717) is 32.2 Å². The van der Waals surface area contributed by atoms with E-state index in [1.165, 1.54) is 6.92 Å². The van der Waals surface area contributed by atoms with E-state index in [2.05, 4.69) is 10.6 Å². The van der Waals surface area contributed by atoms with Gasteiger partial charge in [0, 0.05) is 6.54 Å². The Morgan fingerprint density at radius 3 is 2.50 bits per heavy atom. The van der Waals surface area contributed by atoms with Crippen LogP contribution in [0.4, 0.5) is 0 Å². The topological polar surface area (TPSA) is 188 Å². The monoisotopic (exact) mass is 401 g/mol. The van der Waals surface area contributed by atoms with Crippen LogP contribution in [0.3, 0.4) is 0 Å². The van der Waals surface area contributed by atoms with Crippen molar-refractivity contribution in [2.75, 3.05) is 19.6 Å². The van der Waals surface area contributed by atoms with Crippen molar-refractivity contribution in [3.63, 3.8) is 0 Å². The molecule has 4 atom stereocenters. The van der Waals surface area contributed by atoms with Crippen LogP contribution in [0.1, 0.15) is 39.0 Å². The lowest BCUT2D eigenvalue weighted by molar-refractivity contribution is -0.150. The van der Waals surface area contributed by atoms with Crippen LogP contribution in [0.15, 0.2) is 0 Å². The zero-order chi connectivity index (χ0) is 21.3. The number of hydrogen-bond donors (Lipinski definition) is 6. The summed E-state index contributed by atoms with van der Waals surface area (Å²) in [6.07, 6.45) is 1.48. The molecule has 1 heterocycles. The van der Waals surface area contributed by atoms with Gasteiger partial charge in [-0.3, -0.25) is 14.4 Å². The molecule has 0 aliphatic carbocycles. The van der Waals surface area contributed by atoms with E-state index >= 15 is 0 Å². The van der Waals surface area contributed by atoms with Crippen LogP contribution in [0.5, 0.6) is 0 Å². The third kappa shape index (κ3) is 7.06. The Kier molecular flexibility index (Phi) is 9.83. The van der Waals surface area contributed by atoms with Crippen LogP contribution in [-0.2, 0) is 19.2 Å². The Morgan fingerprint density at radius 2 is 1.93 bits per heavy atom. The molecular weight excluding hydrogens is 370 g/mol. The lowest BCUT2D eigenvalue weighted by Gasteiger charge is -2.28. The first kappa shape index (κ1) is 23.8. The highest BCUT2D eigenvalue weighted by atomic mass is 16.4. The predicted molar refractivity (Wildman–Crippen MR) is 99.9 cm³/mol. The molecule has 11 heteroatoms. The molecule has 0 bridgehead atoms. The number of nitrogens with two attached hydrogens (primary N) is 2. The van der Waals surface area contributed by atoms with Crippen LogP contribution in [0.25, 0.3) is 0 Å². The normalized spacial score (nSPS) is 19.6. The molecule has 0 spiro atoms. The van der Waals surface area contributed by atoms with Crippen LogP contribution in [0.2, 0.25) is 0 Å². The zero-order valence-electron chi connectivity index (χ0n) is 16.1. The van der Waals surface area contributed by atoms with Crippen molar-refractivity contribution in [2.24, 2.45) is 11.5 Å². The van der Waals surface area contributed by atoms with Crippen molar-refractivity contribution >= 4 is 23.7 Å². The van der Waals surface area contributed by atoms with Crippen LogP contribution < -0.4 is 22.1 Å². The number of carbonyl (C=O) groups is 4. The fraction of sp³-hybridized carbons (Fsp3) is 0.765. The highest BCUT2D eigenvalue weighted by Crippen LogP contribution is 2.19. The standard InChI is InChI=1S/C17H31N5O6/c1-10(23)14(16(26)22-8-4-6-12(22)17(27)28)21-13(24)9-20-15(25)11(19)5-2-3-7-18/h10-12,14,23H,2-9,18-19H2,1H3,(H,20,25)(H,21,24)(H,27,28). The maximum Gasteiger partial charge on any atom is 0.326 e. The lowest BCUT2D eigenvalue weighted by Crippen LogP contribution is -2.57. The van der Waals surface area contributed by atoms with Gasteiger partial charge in [-0.15, -0.1) is 0 Å². The molecule has 8 N–H and O–H groups in total. The predicted octanol–water partition coefficient (Wildman–Crippen LogP) is -2.50. The number of likely N-dealkylation sites (tertiary alicyclic amines) is 1. The molecule has 1 aliphatic rings. The molecule has 4 unspecified atom stereocenters. The van der Waals surface area contributed by atoms with Gasteiger partial charge < -0.3 is 37.2 Å². The molecule has 1 aliphatic heterocycles. The summed E-state index contributed by atoms with van der Waals surface area (Å²) >= 11 is 0. The molecule has 11 nitrogen and oxygen atoms in total. The summed E-state index contributed by atoms with van der Waals surface area (Å²) in [5.41, 5.74) is 11.1. The Balaban J connectivity index is 2.57. The number of rotatable bonds is 11. The smallest absolute Gasteiger partial charge is 0.326 e. The molecule has 0 radical (unpaired) electrons. The van der Waals surface area contributed by atoms with Crippen molar-refractivity contribution in [3.05, 3.63) is 0 Å². The van der Waals surface area contributed by atoms with E-state index < -0.39 is 54.5 Å². The second-order valence-electron chi connectivity index (χ2n) is 6.92. The van der Waals surface area contributed by atoms with E-state index in [1.54, 1.807) is 0 Å². The zero-order valence-corrected chi connectivity index (χ0v) is 16.1. The summed E-state index contributed by atoms with van der Waals surface area (Å²) in [6.45, 7) is 1.65. The van der Waals surface area contributed by atoms with Gasteiger partial charge in [-0.25, -0.2) is 4.79 Å². The number of aliphatic carboxylic acids is 1. The van der Waals surface area contributed by atoms with E-state index in [4.69, 9.17) is 11.5 Å². The molecule has 1 fully saturated rings. The minimum atomic E-state index is -1.30. The second kappa shape index (κ2) is 11.6. The largest absolute Gasteiger partial charge is 0.480 e. The van der Waals surface area contributed by atoms with Crippen molar-refractivity contribution in [1.82, 2.24) is 15.5 Å². The summed E-state index contributed by atoms with van der Waals surface area (Å²) in [4.78, 5) is 49.0. The van der Waals surface area contributed by atoms with Gasteiger partial charge in [0.25, 0.3) is 0 Å². The quantitative estimate of drug-likeness (QED) is 0.205. The molecule has 1 saturated heterocycles. The van der Waals surface area contributed by atoms with Crippen molar-refractivity contribution in [3.8, 4) is 0 Å². The van der Waals surface area contributed by atoms with Crippen molar-refractivity contribution < 1.29 is 29.4 Å². The molecule has 160 valence electrons. The van der Waals surface area contributed by atoms with Crippen LogP contribution >= 0.6 is 0 Å². The Labute approximate surface area is 163 Å². The van der Waals surface area contributed by atoms with E-state index in [9.17, 15) is 29.4 Å². The van der Waals surface area contributed by atoms with E-state index in [0.717, 1.165) is 11.3 Å². The number of carboxylic acids is 1. The van der Waals surface area contributed by atoms with Crippen LogP contribution in [-0.4, -0.2) is 82.7 Å². The lowest BCUT2D eigenvalue weighted by atomic mass is 10.1. The minimum Gasteiger partial charge on any atom is -0.480 e. The number of aliphatic hydroxyl groups is 1. The number of carbonyl (C=O) groups excluding carboxylic acids is 3. The summed E-state index contributed by atoms with van der Waals surface area (Å²) in [6, 6.07) is -3.05. The average molecular weight is 401 g/mol. The van der Waals surface area contributed by atoms with Crippen LogP contribution in [0, 0.1) is 0 Å². The van der Waals surface area contributed by atoms with E-state index in [-0.39, 0.29) is 6.54 Å². The minimum absolute atomic E-state index is 0.239. The molecule has 0 saturated carbocycles. The average Bonchev–Trinajstić information content (AvgIpc) is 3.13. The Morgan fingerprint density at radius 1 is 1.25 bits per heavy atom. The fourth-order valence-corrected chi connectivity index (χ4v) is 3.02. The molecular formula is C17H31N5O6. The van der Waals surface area contributed by atoms with Gasteiger partial charge in [-0.2, -0.15) is 0 Å². The molecule has 1 rings (SSSR count). The van der Waals surface area contributed by atoms with Gasteiger partial charge in [0.15, 0.2) is 0 Å². The molecule has 28 heavy (non-hydrogen) atoms.